The van der Waals surface area contributed by atoms with Gasteiger partial charge >= 0.3 is 0 Å². The number of hydrogen-bond donors (Lipinski definition) is 1. The number of anilines is 1. The molecule has 0 bridgehead atoms. The number of hydrazone groups is 1. The highest BCUT2D eigenvalue weighted by Gasteiger charge is 2.23. The summed E-state index contributed by atoms with van der Waals surface area (Å²) in [4.78, 5) is 27.3. The fourth-order valence-corrected chi connectivity index (χ4v) is 2.91. The predicted octanol–water partition coefficient (Wildman–Crippen LogP) is 2.12. The number of benzene rings is 1. The van der Waals surface area contributed by atoms with Crippen LogP contribution in [0.4, 0.5) is 13.9 Å². The van der Waals surface area contributed by atoms with E-state index in [0.717, 1.165) is 28.5 Å². The van der Waals surface area contributed by atoms with Crippen molar-refractivity contribution in [3.8, 4) is 0 Å². The molecule has 0 radical (unpaired) electrons. The summed E-state index contributed by atoms with van der Waals surface area (Å²) in [6.45, 7) is 0. The fraction of sp³-hybridized carbons (Fsp3) is 0.231. The molecule has 0 atom stereocenters. The van der Waals surface area contributed by atoms with Crippen LogP contribution in [0.15, 0.2) is 17.2 Å². The molecule has 6 nitrogen and oxygen atoms in total. The van der Waals surface area contributed by atoms with Crippen LogP contribution in [-0.4, -0.2) is 34.6 Å². The van der Waals surface area contributed by atoms with Crippen LogP contribution < -0.4 is 5.32 Å². The van der Waals surface area contributed by atoms with E-state index in [0.29, 0.717) is 4.70 Å². The molecule has 1 aliphatic heterocycles. The van der Waals surface area contributed by atoms with Crippen LogP contribution in [0.5, 0.6) is 0 Å². The molecule has 1 aromatic carbocycles. The summed E-state index contributed by atoms with van der Waals surface area (Å²) < 4.78 is 27.0. The molecule has 0 saturated carbocycles. The number of aromatic nitrogens is 1. The number of amides is 2. The zero-order chi connectivity index (χ0) is 15.9. The van der Waals surface area contributed by atoms with E-state index in [1.807, 2.05) is 0 Å². The minimum Gasteiger partial charge on any atom is -0.297 e. The number of hydrogen-bond acceptors (Lipinski definition) is 5. The van der Waals surface area contributed by atoms with Crippen LogP contribution in [-0.2, 0) is 9.59 Å². The summed E-state index contributed by atoms with van der Waals surface area (Å²) in [6.07, 6.45) is 0.422. The highest BCUT2D eigenvalue weighted by molar-refractivity contribution is 7.22. The Morgan fingerprint density at radius 3 is 2.86 bits per heavy atom. The maximum Gasteiger partial charge on any atom is 0.273 e. The van der Waals surface area contributed by atoms with Gasteiger partial charge < -0.3 is 0 Å². The lowest BCUT2D eigenvalue weighted by atomic mass is 10.1. The molecule has 1 aromatic heterocycles. The van der Waals surface area contributed by atoms with Crippen LogP contribution in [0, 0.1) is 11.6 Å². The number of rotatable bonds is 2. The van der Waals surface area contributed by atoms with E-state index in [1.165, 1.54) is 7.05 Å². The maximum atomic E-state index is 13.6. The normalized spacial score (nSPS) is 15.1. The molecule has 1 N–H and O–H groups in total. The van der Waals surface area contributed by atoms with E-state index >= 15 is 0 Å². The van der Waals surface area contributed by atoms with Crippen LogP contribution in [0.1, 0.15) is 12.8 Å². The summed E-state index contributed by atoms with van der Waals surface area (Å²) in [5, 5.41) is 7.62. The molecule has 0 aliphatic carbocycles. The van der Waals surface area contributed by atoms with Crippen LogP contribution in [0.3, 0.4) is 0 Å². The average molecular weight is 324 g/mol. The first-order valence-electron chi connectivity index (χ1n) is 6.35. The largest absolute Gasteiger partial charge is 0.297 e. The Kier molecular flexibility index (Phi) is 3.57. The van der Waals surface area contributed by atoms with E-state index in [2.05, 4.69) is 15.4 Å². The smallest absolute Gasteiger partial charge is 0.273 e. The standard InChI is InChI=1S/C13H10F2N4O2S/c1-19-10(20)3-2-8(18-19)12(21)17-13-16-11-7(15)4-6(14)5-9(11)22-13/h4-5H,2-3H2,1H3,(H,16,17,21). The van der Waals surface area contributed by atoms with Gasteiger partial charge in [0.25, 0.3) is 5.91 Å². The molecule has 9 heteroatoms. The van der Waals surface area contributed by atoms with Crippen molar-refractivity contribution in [3.05, 3.63) is 23.8 Å². The molecule has 22 heavy (non-hydrogen) atoms. The Hall–Kier alpha value is -2.42. The van der Waals surface area contributed by atoms with Crippen LogP contribution >= 0.6 is 11.3 Å². The molecule has 0 unspecified atom stereocenters. The lowest BCUT2D eigenvalue weighted by molar-refractivity contribution is -0.130. The third-order valence-corrected chi connectivity index (χ3v) is 4.02. The van der Waals surface area contributed by atoms with Crippen molar-refractivity contribution < 1.29 is 18.4 Å². The van der Waals surface area contributed by atoms with Gasteiger partial charge in [-0.15, -0.1) is 0 Å². The molecule has 0 spiro atoms. The minimum atomic E-state index is -0.785. The Bertz CT molecular complexity index is 818. The van der Waals surface area contributed by atoms with Crippen molar-refractivity contribution in [1.29, 1.82) is 0 Å². The van der Waals surface area contributed by atoms with Crippen LogP contribution in [0.2, 0.25) is 0 Å². The van der Waals surface area contributed by atoms with Gasteiger partial charge in [0.1, 0.15) is 17.0 Å². The van der Waals surface area contributed by atoms with Gasteiger partial charge in [0, 0.05) is 26.0 Å². The molecular weight excluding hydrogens is 314 g/mol. The van der Waals surface area contributed by atoms with Crippen molar-refractivity contribution in [1.82, 2.24) is 9.99 Å². The molecule has 3 rings (SSSR count). The number of fused-ring (bicyclic) bond motifs is 1. The number of carbonyl (C=O) groups excluding carboxylic acids is 2. The SMILES string of the molecule is CN1N=C(C(=O)Nc2nc3c(F)cc(F)cc3s2)CCC1=O. The second-order valence-electron chi connectivity index (χ2n) is 4.67. The van der Waals surface area contributed by atoms with Gasteiger partial charge in [0.15, 0.2) is 10.9 Å². The second-order valence-corrected chi connectivity index (χ2v) is 5.70. The maximum absolute atomic E-state index is 13.6. The van der Waals surface area contributed by atoms with E-state index in [1.54, 1.807) is 0 Å². The highest BCUT2D eigenvalue weighted by atomic mass is 32.1. The van der Waals surface area contributed by atoms with Gasteiger partial charge in [-0.3, -0.25) is 14.9 Å². The Balaban J connectivity index is 1.84. The molecule has 2 amide bonds. The summed E-state index contributed by atoms with van der Waals surface area (Å²) in [5.41, 5.74) is 0.188. The lowest BCUT2D eigenvalue weighted by Gasteiger charge is -2.18. The zero-order valence-corrected chi connectivity index (χ0v) is 12.2. The first kappa shape index (κ1) is 14.5. The summed E-state index contributed by atoms with van der Waals surface area (Å²) in [6, 6.07) is 1.88. The van der Waals surface area contributed by atoms with E-state index in [4.69, 9.17) is 0 Å². The average Bonchev–Trinajstić information content (AvgIpc) is 2.84. The molecular formula is C13H10F2N4O2S. The lowest BCUT2D eigenvalue weighted by Crippen LogP contribution is -2.34. The monoisotopic (exact) mass is 324 g/mol. The van der Waals surface area contributed by atoms with Gasteiger partial charge in [-0.05, 0) is 6.07 Å². The molecule has 114 valence electrons. The van der Waals surface area contributed by atoms with Gasteiger partial charge in [-0.1, -0.05) is 11.3 Å². The molecule has 2 aromatic rings. The van der Waals surface area contributed by atoms with Gasteiger partial charge in [0.05, 0.1) is 4.70 Å². The number of carbonyl (C=O) groups is 2. The van der Waals surface area contributed by atoms with Gasteiger partial charge in [-0.25, -0.2) is 18.8 Å². The van der Waals surface area contributed by atoms with E-state index < -0.39 is 17.5 Å². The van der Waals surface area contributed by atoms with Crippen LogP contribution in [0.25, 0.3) is 10.2 Å². The molecule has 2 heterocycles. The quantitative estimate of drug-likeness (QED) is 0.919. The van der Waals surface area contributed by atoms with Gasteiger partial charge in [0.2, 0.25) is 5.91 Å². The third-order valence-electron chi connectivity index (χ3n) is 3.10. The van der Waals surface area contributed by atoms with Gasteiger partial charge in [-0.2, -0.15) is 5.10 Å². The Morgan fingerprint density at radius 2 is 2.14 bits per heavy atom. The van der Waals surface area contributed by atoms with Crippen molar-refractivity contribution in [2.45, 2.75) is 12.8 Å². The summed E-state index contributed by atoms with van der Waals surface area (Å²) >= 11 is 0.961. The van der Waals surface area contributed by atoms with Crippen molar-refractivity contribution in [2.24, 2.45) is 5.10 Å². The molecule has 0 saturated heterocycles. The number of nitrogens with zero attached hydrogens (tertiary/aromatic N) is 3. The Morgan fingerprint density at radius 1 is 1.36 bits per heavy atom. The van der Waals surface area contributed by atoms with Crippen molar-refractivity contribution in [2.75, 3.05) is 12.4 Å². The first-order valence-corrected chi connectivity index (χ1v) is 7.16. The fourth-order valence-electron chi connectivity index (χ4n) is 2.01. The zero-order valence-electron chi connectivity index (χ0n) is 11.4. The summed E-state index contributed by atoms with van der Waals surface area (Å²) in [5.74, 6) is -2.18. The third kappa shape index (κ3) is 2.67. The second kappa shape index (κ2) is 5.41. The molecule has 1 aliphatic rings. The van der Waals surface area contributed by atoms with Crippen molar-refractivity contribution >= 4 is 44.2 Å². The first-order chi connectivity index (χ1) is 10.4. The van der Waals surface area contributed by atoms with E-state index in [9.17, 15) is 18.4 Å². The number of halogens is 2. The topological polar surface area (TPSA) is 74.7 Å². The highest BCUT2D eigenvalue weighted by Crippen LogP contribution is 2.28. The number of nitrogens with one attached hydrogen (secondary N) is 1. The number of thiazole rings is 1. The predicted molar refractivity (Wildman–Crippen MR) is 77.6 cm³/mol. The van der Waals surface area contributed by atoms with E-state index in [-0.39, 0.29) is 35.1 Å². The summed E-state index contributed by atoms with van der Waals surface area (Å²) in [7, 11) is 1.46. The minimum absolute atomic E-state index is 0.000390. The van der Waals surface area contributed by atoms with Crippen molar-refractivity contribution in [3.63, 3.8) is 0 Å². The molecule has 0 fully saturated rings. The Labute approximate surface area is 127 Å².